The zero-order chi connectivity index (χ0) is 23.3. The minimum absolute atomic E-state index is 0.0127. The monoisotopic (exact) mass is 432 g/mol. The third-order valence-electron chi connectivity index (χ3n) is 6.62. The zero-order valence-electron chi connectivity index (χ0n) is 20.7. The van der Waals surface area contributed by atoms with E-state index in [0.29, 0.717) is 12.1 Å². The first-order valence-corrected chi connectivity index (χ1v) is 12.0. The Balaban J connectivity index is 2.04. The van der Waals surface area contributed by atoms with Crippen LogP contribution in [0.15, 0.2) is 23.9 Å². The SMILES string of the molecule is C=C(NC1CC1)/C(C)=C/C(C)N(C)C(=O)C(NC(=O)C1CCCCN1C(C)C)C(C)C. The second-order valence-electron chi connectivity index (χ2n) is 10.0. The van der Waals surface area contributed by atoms with Gasteiger partial charge < -0.3 is 15.5 Å². The molecule has 1 aliphatic heterocycles. The predicted octanol–water partition coefficient (Wildman–Crippen LogP) is 3.45. The van der Waals surface area contributed by atoms with Crippen LogP contribution in [0.1, 0.15) is 73.6 Å². The number of nitrogens with one attached hydrogen (secondary N) is 2. The van der Waals surface area contributed by atoms with Crippen LogP contribution in [0, 0.1) is 5.92 Å². The minimum Gasteiger partial charge on any atom is -0.383 e. The zero-order valence-corrected chi connectivity index (χ0v) is 20.7. The first-order chi connectivity index (χ1) is 14.5. The fourth-order valence-corrected chi connectivity index (χ4v) is 4.20. The molecule has 6 heteroatoms. The van der Waals surface area contributed by atoms with Crippen molar-refractivity contribution in [2.24, 2.45) is 5.92 Å². The van der Waals surface area contributed by atoms with E-state index in [9.17, 15) is 9.59 Å². The Morgan fingerprint density at radius 1 is 1.10 bits per heavy atom. The number of hydrogen-bond acceptors (Lipinski definition) is 4. The number of likely N-dealkylation sites (N-methyl/N-ethyl adjacent to an activating group) is 1. The van der Waals surface area contributed by atoms with Crippen LogP contribution in [0.25, 0.3) is 0 Å². The van der Waals surface area contributed by atoms with Crippen molar-refractivity contribution >= 4 is 11.8 Å². The lowest BCUT2D eigenvalue weighted by Crippen LogP contribution is -2.58. The molecular formula is C25H44N4O2. The molecule has 31 heavy (non-hydrogen) atoms. The van der Waals surface area contributed by atoms with Crippen molar-refractivity contribution in [3.8, 4) is 0 Å². The molecule has 2 amide bonds. The van der Waals surface area contributed by atoms with Gasteiger partial charge in [-0.05, 0) is 71.4 Å². The summed E-state index contributed by atoms with van der Waals surface area (Å²) in [6, 6.07) is 0.0979. The van der Waals surface area contributed by atoms with Gasteiger partial charge in [0.05, 0.1) is 6.04 Å². The van der Waals surface area contributed by atoms with Crippen LogP contribution >= 0.6 is 0 Å². The van der Waals surface area contributed by atoms with E-state index in [1.807, 2.05) is 34.7 Å². The number of nitrogens with zero attached hydrogens (tertiary/aromatic N) is 2. The highest BCUT2D eigenvalue weighted by Crippen LogP contribution is 2.23. The molecule has 0 spiro atoms. The van der Waals surface area contributed by atoms with Gasteiger partial charge in [0.1, 0.15) is 6.04 Å². The second-order valence-corrected chi connectivity index (χ2v) is 10.0. The molecule has 0 aromatic rings. The maximum atomic E-state index is 13.3. The normalized spacial score (nSPS) is 22.2. The summed E-state index contributed by atoms with van der Waals surface area (Å²) in [5, 5.41) is 6.51. The maximum Gasteiger partial charge on any atom is 0.245 e. The van der Waals surface area contributed by atoms with E-state index in [1.165, 1.54) is 12.8 Å². The van der Waals surface area contributed by atoms with Gasteiger partial charge in [-0.2, -0.15) is 0 Å². The summed E-state index contributed by atoms with van der Waals surface area (Å²) in [5.74, 6) is -0.0541. The van der Waals surface area contributed by atoms with Crippen molar-refractivity contribution < 1.29 is 9.59 Å². The number of piperidine rings is 1. The van der Waals surface area contributed by atoms with Crippen molar-refractivity contribution in [3.05, 3.63) is 23.9 Å². The molecule has 176 valence electrons. The molecule has 2 rings (SSSR count). The first kappa shape index (κ1) is 25.4. The summed E-state index contributed by atoms with van der Waals surface area (Å²) in [5.41, 5.74) is 1.98. The van der Waals surface area contributed by atoms with Crippen LogP contribution in [-0.4, -0.2) is 65.4 Å². The molecule has 3 atom stereocenters. The summed E-state index contributed by atoms with van der Waals surface area (Å²) in [6.45, 7) is 17.3. The van der Waals surface area contributed by atoms with Crippen LogP contribution in [0.2, 0.25) is 0 Å². The molecule has 0 aromatic heterocycles. The van der Waals surface area contributed by atoms with Crippen molar-refractivity contribution in [2.75, 3.05) is 13.6 Å². The fourth-order valence-electron chi connectivity index (χ4n) is 4.20. The highest BCUT2D eigenvalue weighted by Gasteiger charge is 2.35. The quantitative estimate of drug-likeness (QED) is 0.519. The number of carbonyl (C=O) groups is 2. The largest absolute Gasteiger partial charge is 0.383 e. The molecule has 2 N–H and O–H groups in total. The molecule has 1 saturated carbocycles. The lowest BCUT2D eigenvalue weighted by atomic mass is 9.97. The van der Waals surface area contributed by atoms with Gasteiger partial charge in [-0.1, -0.05) is 32.9 Å². The van der Waals surface area contributed by atoms with Crippen molar-refractivity contribution in [3.63, 3.8) is 0 Å². The van der Waals surface area contributed by atoms with Crippen LogP contribution < -0.4 is 10.6 Å². The van der Waals surface area contributed by atoms with E-state index in [-0.39, 0.29) is 29.8 Å². The standard InChI is InChI=1S/C25H44N4O2/c1-16(2)23(27-24(30)22-11-9-10-14-29(22)17(3)4)25(31)28(8)19(6)15-18(5)20(7)26-21-12-13-21/h15-17,19,21-23,26H,7,9-14H2,1-6,8H3,(H,27,30)/b18-15+. The Hall–Kier alpha value is -1.82. The molecule has 6 nitrogen and oxygen atoms in total. The van der Waals surface area contributed by atoms with Gasteiger partial charge in [-0.15, -0.1) is 0 Å². The number of allylic oxidation sites excluding steroid dienone is 1. The fraction of sp³-hybridized carbons (Fsp3) is 0.760. The predicted molar refractivity (Wildman–Crippen MR) is 128 cm³/mol. The van der Waals surface area contributed by atoms with Gasteiger partial charge >= 0.3 is 0 Å². The third-order valence-corrected chi connectivity index (χ3v) is 6.62. The van der Waals surface area contributed by atoms with Gasteiger partial charge in [-0.3, -0.25) is 14.5 Å². The number of carbonyl (C=O) groups excluding carboxylic acids is 2. The maximum absolute atomic E-state index is 13.3. The summed E-state index contributed by atoms with van der Waals surface area (Å²) in [6.07, 6.45) is 7.50. The summed E-state index contributed by atoms with van der Waals surface area (Å²) < 4.78 is 0. The molecule has 0 bridgehead atoms. The number of rotatable bonds is 10. The average Bonchev–Trinajstić information content (AvgIpc) is 3.54. The Kier molecular flexibility index (Phi) is 9.16. The van der Waals surface area contributed by atoms with Crippen molar-refractivity contribution in [2.45, 2.75) is 104 Å². The van der Waals surface area contributed by atoms with Gasteiger partial charge in [0, 0.05) is 30.9 Å². The Labute approximate surface area is 189 Å². The van der Waals surface area contributed by atoms with Crippen molar-refractivity contribution in [1.82, 2.24) is 20.4 Å². The Morgan fingerprint density at radius 3 is 2.29 bits per heavy atom. The van der Waals surface area contributed by atoms with E-state index < -0.39 is 6.04 Å². The molecule has 0 aromatic carbocycles. The average molecular weight is 433 g/mol. The van der Waals surface area contributed by atoms with Gasteiger partial charge in [0.2, 0.25) is 11.8 Å². The van der Waals surface area contributed by atoms with Crippen molar-refractivity contribution in [1.29, 1.82) is 0 Å². The molecule has 0 radical (unpaired) electrons. The lowest BCUT2D eigenvalue weighted by molar-refractivity contribution is -0.139. The molecule has 1 heterocycles. The van der Waals surface area contributed by atoms with Gasteiger partial charge in [-0.25, -0.2) is 0 Å². The molecule has 1 saturated heterocycles. The Bertz CT molecular complexity index is 681. The Morgan fingerprint density at radius 2 is 1.74 bits per heavy atom. The summed E-state index contributed by atoms with van der Waals surface area (Å²) >= 11 is 0. The molecule has 3 unspecified atom stereocenters. The van der Waals surface area contributed by atoms with Crippen LogP contribution in [-0.2, 0) is 9.59 Å². The summed E-state index contributed by atoms with van der Waals surface area (Å²) in [4.78, 5) is 30.5. The van der Waals surface area contributed by atoms with E-state index in [1.54, 1.807) is 4.90 Å². The highest BCUT2D eigenvalue weighted by molar-refractivity contribution is 5.90. The number of hydrogen-bond donors (Lipinski definition) is 2. The first-order valence-electron chi connectivity index (χ1n) is 12.0. The highest BCUT2D eigenvalue weighted by atomic mass is 16.2. The molecule has 2 fully saturated rings. The minimum atomic E-state index is -0.530. The van der Waals surface area contributed by atoms with E-state index in [0.717, 1.165) is 37.1 Å². The van der Waals surface area contributed by atoms with Crippen LogP contribution in [0.3, 0.4) is 0 Å². The third kappa shape index (κ3) is 7.09. The molecule has 1 aliphatic carbocycles. The molecule has 2 aliphatic rings. The van der Waals surface area contributed by atoms with E-state index in [2.05, 4.69) is 42.0 Å². The summed E-state index contributed by atoms with van der Waals surface area (Å²) in [7, 11) is 1.82. The van der Waals surface area contributed by atoms with E-state index >= 15 is 0 Å². The smallest absolute Gasteiger partial charge is 0.245 e. The van der Waals surface area contributed by atoms with Crippen LogP contribution in [0.5, 0.6) is 0 Å². The molecular weight excluding hydrogens is 388 g/mol. The topological polar surface area (TPSA) is 64.7 Å². The van der Waals surface area contributed by atoms with Gasteiger partial charge in [0.25, 0.3) is 0 Å². The lowest BCUT2D eigenvalue weighted by Gasteiger charge is -2.39. The van der Waals surface area contributed by atoms with Gasteiger partial charge in [0.15, 0.2) is 0 Å². The number of likely N-dealkylation sites (tertiary alicyclic amines) is 1. The second kappa shape index (κ2) is 11.2. The van der Waals surface area contributed by atoms with Crippen LogP contribution in [0.4, 0.5) is 0 Å². The van der Waals surface area contributed by atoms with E-state index in [4.69, 9.17) is 0 Å². The number of amides is 2.